The molecular formula is C20H23N. The second kappa shape index (κ2) is 9.84. The second-order valence-electron chi connectivity index (χ2n) is 5.37. The standard InChI is InChI=1S/C20H23N/c1-2-4-6-8-11-15-19(16-12-9-7-5-3-1)21-20-17-13-10-14-18-20/h10,13-14,17-18H,1-9H2. The Morgan fingerprint density at radius 2 is 1.19 bits per heavy atom. The highest BCUT2D eigenvalue weighted by Gasteiger charge is 1.94. The molecule has 1 aromatic rings. The molecule has 0 radical (unpaired) electrons. The molecule has 0 saturated heterocycles. The van der Waals surface area contributed by atoms with E-state index < -0.39 is 0 Å². The molecule has 0 atom stereocenters. The van der Waals surface area contributed by atoms with Crippen LogP contribution in [0.3, 0.4) is 0 Å². The first-order valence-electron chi connectivity index (χ1n) is 8.07. The average molecular weight is 277 g/mol. The normalized spacial score (nSPS) is 16.7. The topological polar surface area (TPSA) is 12.4 Å². The quantitative estimate of drug-likeness (QED) is 0.618. The molecule has 1 aliphatic rings. The van der Waals surface area contributed by atoms with Crippen LogP contribution in [0.25, 0.3) is 0 Å². The van der Waals surface area contributed by atoms with Gasteiger partial charge in [-0.3, -0.25) is 0 Å². The SMILES string of the molecule is C1#CC(=Nc2ccccc2)C#CCCCCCCCCC1. The van der Waals surface area contributed by atoms with Crippen molar-refractivity contribution in [3.63, 3.8) is 0 Å². The molecule has 0 N–H and O–H groups in total. The fourth-order valence-electron chi connectivity index (χ4n) is 2.32. The van der Waals surface area contributed by atoms with E-state index in [2.05, 4.69) is 28.7 Å². The van der Waals surface area contributed by atoms with Crippen LogP contribution in [0.2, 0.25) is 0 Å². The average Bonchev–Trinajstić information content (AvgIpc) is 2.52. The van der Waals surface area contributed by atoms with E-state index in [0.717, 1.165) is 18.5 Å². The third-order valence-corrected chi connectivity index (χ3v) is 3.51. The molecule has 1 heteroatoms. The fourth-order valence-corrected chi connectivity index (χ4v) is 2.32. The Labute approximate surface area is 128 Å². The van der Waals surface area contributed by atoms with Gasteiger partial charge < -0.3 is 0 Å². The molecule has 0 aromatic heterocycles. The molecule has 1 nitrogen and oxygen atoms in total. The van der Waals surface area contributed by atoms with Crippen LogP contribution in [0, 0.1) is 23.7 Å². The van der Waals surface area contributed by atoms with Gasteiger partial charge in [-0.15, -0.1) is 0 Å². The van der Waals surface area contributed by atoms with Gasteiger partial charge in [0.1, 0.15) is 0 Å². The highest BCUT2D eigenvalue weighted by atomic mass is 14.7. The van der Waals surface area contributed by atoms with E-state index in [1.165, 1.54) is 44.9 Å². The van der Waals surface area contributed by atoms with Crippen molar-refractivity contribution < 1.29 is 0 Å². The van der Waals surface area contributed by atoms with Crippen molar-refractivity contribution >= 4 is 11.4 Å². The second-order valence-corrected chi connectivity index (χ2v) is 5.37. The van der Waals surface area contributed by atoms with Crippen LogP contribution in [0.15, 0.2) is 35.3 Å². The van der Waals surface area contributed by atoms with Crippen LogP contribution in [-0.4, -0.2) is 5.71 Å². The summed E-state index contributed by atoms with van der Waals surface area (Å²) >= 11 is 0. The van der Waals surface area contributed by atoms with Crippen molar-refractivity contribution in [2.75, 3.05) is 0 Å². The van der Waals surface area contributed by atoms with Gasteiger partial charge >= 0.3 is 0 Å². The zero-order valence-electron chi connectivity index (χ0n) is 12.7. The number of hydrogen-bond donors (Lipinski definition) is 0. The lowest BCUT2D eigenvalue weighted by atomic mass is 10.1. The first kappa shape index (κ1) is 15.4. The summed E-state index contributed by atoms with van der Waals surface area (Å²) in [6.45, 7) is 0. The Balaban J connectivity index is 2.09. The van der Waals surface area contributed by atoms with Crippen LogP contribution < -0.4 is 0 Å². The maximum Gasteiger partial charge on any atom is 0.163 e. The molecule has 0 heterocycles. The summed E-state index contributed by atoms with van der Waals surface area (Å²) in [6.07, 6.45) is 10.9. The Morgan fingerprint density at radius 3 is 1.76 bits per heavy atom. The van der Waals surface area contributed by atoms with E-state index in [0.29, 0.717) is 5.71 Å². The predicted octanol–water partition coefficient (Wildman–Crippen LogP) is 5.29. The van der Waals surface area contributed by atoms with Crippen molar-refractivity contribution in [1.29, 1.82) is 0 Å². The minimum atomic E-state index is 0.707. The lowest BCUT2D eigenvalue weighted by molar-refractivity contribution is 0.587. The van der Waals surface area contributed by atoms with E-state index in [4.69, 9.17) is 0 Å². The molecular weight excluding hydrogens is 254 g/mol. The molecule has 108 valence electrons. The van der Waals surface area contributed by atoms with Gasteiger partial charge in [-0.1, -0.05) is 62.1 Å². The van der Waals surface area contributed by atoms with E-state index in [9.17, 15) is 0 Å². The fraction of sp³-hybridized carbons (Fsp3) is 0.450. The lowest BCUT2D eigenvalue weighted by Crippen LogP contribution is -1.90. The van der Waals surface area contributed by atoms with Gasteiger partial charge in [0.25, 0.3) is 0 Å². The smallest absolute Gasteiger partial charge is 0.163 e. The van der Waals surface area contributed by atoms with E-state index in [-0.39, 0.29) is 0 Å². The van der Waals surface area contributed by atoms with Crippen LogP contribution >= 0.6 is 0 Å². The van der Waals surface area contributed by atoms with Crippen molar-refractivity contribution in [3.05, 3.63) is 30.3 Å². The van der Waals surface area contributed by atoms with Crippen LogP contribution in [0.5, 0.6) is 0 Å². The van der Waals surface area contributed by atoms with Gasteiger partial charge in [-0.25, -0.2) is 4.99 Å². The van der Waals surface area contributed by atoms with Crippen LogP contribution in [0.4, 0.5) is 5.69 Å². The third-order valence-electron chi connectivity index (χ3n) is 3.51. The first-order valence-corrected chi connectivity index (χ1v) is 8.07. The summed E-state index contributed by atoms with van der Waals surface area (Å²) in [5.41, 5.74) is 1.63. The molecule has 0 unspecified atom stereocenters. The summed E-state index contributed by atoms with van der Waals surface area (Å²) in [5, 5.41) is 0. The Bertz CT molecular complexity index is 531. The summed E-state index contributed by atoms with van der Waals surface area (Å²) in [4.78, 5) is 4.56. The maximum atomic E-state index is 4.56. The molecule has 0 saturated carbocycles. The maximum absolute atomic E-state index is 4.56. The molecule has 0 spiro atoms. The summed E-state index contributed by atoms with van der Waals surface area (Å²) in [7, 11) is 0. The van der Waals surface area contributed by atoms with Crippen molar-refractivity contribution in [1.82, 2.24) is 0 Å². The summed E-state index contributed by atoms with van der Waals surface area (Å²) < 4.78 is 0. The van der Waals surface area contributed by atoms with Crippen LogP contribution in [0.1, 0.15) is 57.8 Å². The van der Waals surface area contributed by atoms with Crippen LogP contribution in [-0.2, 0) is 0 Å². The van der Waals surface area contributed by atoms with Gasteiger partial charge in [0, 0.05) is 12.8 Å². The van der Waals surface area contributed by atoms with Gasteiger partial charge in [-0.2, -0.15) is 0 Å². The number of rotatable bonds is 1. The Morgan fingerprint density at radius 1 is 0.667 bits per heavy atom. The minimum absolute atomic E-state index is 0.707. The molecule has 0 amide bonds. The zero-order valence-corrected chi connectivity index (χ0v) is 12.7. The van der Waals surface area contributed by atoms with Gasteiger partial charge in [0.05, 0.1) is 5.69 Å². The number of aliphatic imine (C=N–C) groups is 1. The Kier molecular flexibility index (Phi) is 7.22. The molecule has 1 aromatic carbocycles. The van der Waals surface area contributed by atoms with Crippen molar-refractivity contribution in [2.24, 2.45) is 4.99 Å². The van der Waals surface area contributed by atoms with Crippen molar-refractivity contribution in [2.45, 2.75) is 57.8 Å². The number of hydrogen-bond acceptors (Lipinski definition) is 1. The largest absolute Gasteiger partial charge is 0.231 e. The zero-order chi connectivity index (χ0) is 14.6. The molecule has 0 fully saturated rings. The van der Waals surface area contributed by atoms with Gasteiger partial charge in [0.15, 0.2) is 5.71 Å². The van der Waals surface area contributed by atoms with Gasteiger partial charge in [-0.05, 0) is 36.8 Å². The minimum Gasteiger partial charge on any atom is -0.231 e. The highest BCUT2D eigenvalue weighted by Crippen LogP contribution is 2.11. The predicted molar refractivity (Wildman–Crippen MR) is 90.6 cm³/mol. The molecule has 1 aliphatic carbocycles. The first-order chi connectivity index (χ1) is 10.4. The highest BCUT2D eigenvalue weighted by molar-refractivity contribution is 6.14. The van der Waals surface area contributed by atoms with Crippen molar-refractivity contribution in [3.8, 4) is 23.7 Å². The van der Waals surface area contributed by atoms with Gasteiger partial charge in [0.2, 0.25) is 0 Å². The lowest BCUT2D eigenvalue weighted by Gasteiger charge is -1.99. The summed E-state index contributed by atoms with van der Waals surface area (Å²) in [5.74, 6) is 12.7. The Hall–Kier alpha value is -1.99. The molecule has 2 rings (SSSR count). The number of benzene rings is 1. The number of nitrogens with zero attached hydrogens (tertiary/aromatic N) is 1. The molecule has 0 aliphatic heterocycles. The molecule has 21 heavy (non-hydrogen) atoms. The van der Waals surface area contributed by atoms with E-state index >= 15 is 0 Å². The third kappa shape index (κ3) is 6.82. The number of para-hydroxylation sites is 1. The monoisotopic (exact) mass is 277 g/mol. The molecule has 0 bridgehead atoms. The van der Waals surface area contributed by atoms with E-state index in [1.54, 1.807) is 0 Å². The summed E-state index contributed by atoms with van der Waals surface area (Å²) in [6, 6.07) is 9.95. The van der Waals surface area contributed by atoms with E-state index in [1.807, 2.05) is 30.3 Å².